The third kappa shape index (κ3) is 7.99. The van der Waals surface area contributed by atoms with E-state index in [-0.39, 0.29) is 30.0 Å². The van der Waals surface area contributed by atoms with E-state index in [2.05, 4.69) is 10.3 Å². The molecule has 1 heterocycles. The van der Waals surface area contributed by atoms with Crippen molar-refractivity contribution in [1.29, 1.82) is 0 Å². The van der Waals surface area contributed by atoms with Crippen molar-refractivity contribution >= 4 is 40.8 Å². The minimum absolute atomic E-state index is 0.104. The number of ether oxygens (including phenoxy) is 2. The van der Waals surface area contributed by atoms with E-state index in [1.54, 1.807) is 25.0 Å². The molecule has 0 fully saturated rings. The van der Waals surface area contributed by atoms with Crippen molar-refractivity contribution in [2.24, 2.45) is 4.99 Å². The molecule has 1 aliphatic rings. The maximum Gasteiger partial charge on any atom is 0.305 e. The van der Waals surface area contributed by atoms with Gasteiger partial charge in [-0.15, -0.1) is 0 Å². The number of esters is 1. The molecule has 0 saturated carbocycles. The molecular formula is C26H29N3O5S. The zero-order valence-corrected chi connectivity index (χ0v) is 20.7. The van der Waals surface area contributed by atoms with Crippen LogP contribution in [0.4, 0.5) is 0 Å². The molecule has 0 atom stereocenters. The van der Waals surface area contributed by atoms with E-state index in [1.807, 2.05) is 54.6 Å². The molecule has 0 radical (unpaired) electrons. The zero-order valence-electron chi connectivity index (χ0n) is 19.9. The first-order valence-electron chi connectivity index (χ1n) is 11.4. The van der Waals surface area contributed by atoms with Gasteiger partial charge < -0.3 is 14.8 Å². The van der Waals surface area contributed by atoms with Crippen molar-refractivity contribution in [2.45, 2.75) is 26.3 Å². The van der Waals surface area contributed by atoms with Gasteiger partial charge in [0, 0.05) is 13.0 Å². The molecule has 0 spiro atoms. The van der Waals surface area contributed by atoms with Crippen LogP contribution in [0.5, 0.6) is 5.75 Å². The monoisotopic (exact) mass is 495 g/mol. The number of benzene rings is 2. The summed E-state index contributed by atoms with van der Waals surface area (Å²) in [5.41, 5.74) is 2.09. The van der Waals surface area contributed by atoms with Gasteiger partial charge in [-0.3, -0.25) is 19.3 Å². The second-order valence-electron chi connectivity index (χ2n) is 7.62. The van der Waals surface area contributed by atoms with Gasteiger partial charge in [-0.25, -0.2) is 4.99 Å². The van der Waals surface area contributed by atoms with Crippen molar-refractivity contribution < 1.29 is 23.9 Å². The van der Waals surface area contributed by atoms with E-state index in [4.69, 9.17) is 9.47 Å². The van der Waals surface area contributed by atoms with E-state index in [9.17, 15) is 14.4 Å². The molecule has 3 rings (SSSR count). The molecule has 2 amide bonds. The average Bonchev–Trinajstić information content (AvgIpc) is 3.15. The molecule has 2 aromatic rings. The van der Waals surface area contributed by atoms with E-state index in [0.29, 0.717) is 37.0 Å². The Bertz CT molecular complexity index is 1080. The molecule has 1 N–H and O–H groups in total. The Morgan fingerprint density at radius 3 is 2.54 bits per heavy atom. The first kappa shape index (κ1) is 26.0. The van der Waals surface area contributed by atoms with Gasteiger partial charge in [0.2, 0.25) is 5.91 Å². The number of aliphatic imine (C=N–C) groups is 1. The largest absolute Gasteiger partial charge is 0.497 e. The number of nitrogens with one attached hydrogen (secondary N) is 1. The van der Waals surface area contributed by atoms with E-state index in [0.717, 1.165) is 16.9 Å². The van der Waals surface area contributed by atoms with Crippen LogP contribution < -0.4 is 10.1 Å². The fourth-order valence-corrected chi connectivity index (χ4v) is 4.11. The molecule has 0 aromatic heterocycles. The van der Waals surface area contributed by atoms with Crippen LogP contribution in [0.15, 0.2) is 65.3 Å². The van der Waals surface area contributed by atoms with E-state index < -0.39 is 0 Å². The van der Waals surface area contributed by atoms with Crippen LogP contribution in [0.1, 0.15) is 30.9 Å². The SMILES string of the molecule is CCOC(=O)CCCNC(=O)CSC1=N/C(=C\c2ccc(OC)cc2)C(=O)N1Cc1ccccc1. The van der Waals surface area contributed by atoms with Crippen molar-refractivity contribution in [1.82, 2.24) is 10.2 Å². The first-order chi connectivity index (χ1) is 17.0. The molecule has 0 unspecified atom stereocenters. The van der Waals surface area contributed by atoms with Gasteiger partial charge in [0.15, 0.2) is 5.17 Å². The van der Waals surface area contributed by atoms with Crippen LogP contribution in [-0.4, -0.2) is 53.9 Å². The molecule has 0 aliphatic carbocycles. The molecule has 8 nitrogen and oxygen atoms in total. The molecule has 0 bridgehead atoms. The van der Waals surface area contributed by atoms with Crippen LogP contribution in [0.3, 0.4) is 0 Å². The highest BCUT2D eigenvalue weighted by Crippen LogP contribution is 2.26. The summed E-state index contributed by atoms with van der Waals surface area (Å²) in [6.45, 7) is 2.83. The van der Waals surface area contributed by atoms with Crippen molar-refractivity contribution in [3.05, 3.63) is 71.4 Å². The van der Waals surface area contributed by atoms with Gasteiger partial charge in [-0.2, -0.15) is 0 Å². The smallest absolute Gasteiger partial charge is 0.305 e. The molecule has 184 valence electrons. The summed E-state index contributed by atoms with van der Waals surface area (Å²) in [5, 5.41) is 3.26. The summed E-state index contributed by atoms with van der Waals surface area (Å²) in [5.74, 6) is 0.140. The number of amidine groups is 1. The van der Waals surface area contributed by atoms with Crippen LogP contribution in [0.25, 0.3) is 6.08 Å². The van der Waals surface area contributed by atoms with Gasteiger partial charge in [0.1, 0.15) is 11.4 Å². The lowest BCUT2D eigenvalue weighted by atomic mass is 10.1. The highest BCUT2D eigenvalue weighted by Gasteiger charge is 2.31. The standard InChI is InChI=1S/C26H29N3O5S/c1-3-34-24(31)10-7-15-27-23(30)18-35-26-28-22(16-19-11-13-21(33-2)14-12-19)25(32)29(26)17-20-8-5-4-6-9-20/h4-6,8-9,11-14,16H,3,7,10,15,17-18H2,1-2H3,(H,27,30)/b22-16-. The van der Waals surface area contributed by atoms with Crippen LogP contribution >= 0.6 is 11.8 Å². The predicted molar refractivity (Wildman–Crippen MR) is 137 cm³/mol. The number of carbonyl (C=O) groups is 3. The van der Waals surface area contributed by atoms with Crippen molar-refractivity contribution in [2.75, 3.05) is 26.0 Å². The third-order valence-corrected chi connectivity index (χ3v) is 6.01. The van der Waals surface area contributed by atoms with Gasteiger partial charge >= 0.3 is 5.97 Å². The van der Waals surface area contributed by atoms with Gasteiger partial charge in [-0.05, 0) is 42.7 Å². The van der Waals surface area contributed by atoms with E-state index in [1.165, 1.54) is 11.8 Å². The minimum atomic E-state index is -0.275. The third-order valence-electron chi connectivity index (χ3n) is 5.03. The minimum Gasteiger partial charge on any atom is -0.497 e. The molecule has 1 aliphatic heterocycles. The van der Waals surface area contributed by atoms with Crippen molar-refractivity contribution in [3.63, 3.8) is 0 Å². The Labute approximate surface area is 209 Å². The Balaban J connectivity index is 1.65. The molecular weight excluding hydrogens is 466 g/mol. The molecule has 0 saturated heterocycles. The lowest BCUT2D eigenvalue weighted by Crippen LogP contribution is -2.32. The van der Waals surface area contributed by atoms with Crippen LogP contribution in [0, 0.1) is 0 Å². The van der Waals surface area contributed by atoms with Gasteiger partial charge in [-0.1, -0.05) is 54.2 Å². The molecule has 35 heavy (non-hydrogen) atoms. The quantitative estimate of drug-likeness (QED) is 0.291. The van der Waals surface area contributed by atoms with Gasteiger partial charge in [0.05, 0.1) is 26.0 Å². The molecule has 9 heteroatoms. The van der Waals surface area contributed by atoms with Crippen LogP contribution in [0.2, 0.25) is 0 Å². The Morgan fingerprint density at radius 1 is 1.11 bits per heavy atom. The lowest BCUT2D eigenvalue weighted by molar-refractivity contribution is -0.143. The topological polar surface area (TPSA) is 97.3 Å². The number of carbonyl (C=O) groups excluding carboxylic acids is 3. The summed E-state index contributed by atoms with van der Waals surface area (Å²) in [7, 11) is 1.60. The number of nitrogens with zero attached hydrogens (tertiary/aromatic N) is 2. The first-order valence-corrected chi connectivity index (χ1v) is 12.3. The summed E-state index contributed by atoms with van der Waals surface area (Å²) in [6, 6.07) is 17.0. The van der Waals surface area contributed by atoms with Crippen LogP contribution in [-0.2, 0) is 25.7 Å². The number of hydrogen-bond acceptors (Lipinski definition) is 7. The number of thioether (sulfide) groups is 1. The van der Waals surface area contributed by atoms with Gasteiger partial charge in [0.25, 0.3) is 5.91 Å². The highest BCUT2D eigenvalue weighted by atomic mass is 32.2. The molecule has 2 aromatic carbocycles. The predicted octanol–water partition coefficient (Wildman–Crippen LogP) is 3.63. The Hall–Kier alpha value is -3.59. The summed E-state index contributed by atoms with van der Waals surface area (Å²) < 4.78 is 10.1. The lowest BCUT2D eigenvalue weighted by Gasteiger charge is -2.17. The second-order valence-corrected chi connectivity index (χ2v) is 8.56. The zero-order chi connectivity index (χ0) is 25.0. The van der Waals surface area contributed by atoms with E-state index >= 15 is 0 Å². The average molecular weight is 496 g/mol. The summed E-state index contributed by atoms with van der Waals surface area (Å²) >= 11 is 1.21. The number of hydrogen-bond donors (Lipinski definition) is 1. The number of amides is 2. The fraction of sp³-hybridized carbons (Fsp3) is 0.308. The fourth-order valence-electron chi connectivity index (χ4n) is 3.28. The second kappa shape index (κ2) is 13.3. The summed E-state index contributed by atoms with van der Waals surface area (Å²) in [6.07, 6.45) is 2.49. The Morgan fingerprint density at radius 2 is 1.86 bits per heavy atom. The maximum absolute atomic E-state index is 13.2. The van der Waals surface area contributed by atoms with Crippen molar-refractivity contribution in [3.8, 4) is 5.75 Å². The Kier molecular flexibility index (Phi) is 9.92. The maximum atomic E-state index is 13.2. The summed E-state index contributed by atoms with van der Waals surface area (Å²) in [4.78, 5) is 43.0. The number of methoxy groups -OCH3 is 1. The normalized spacial score (nSPS) is 14.1. The number of rotatable bonds is 11. The highest BCUT2D eigenvalue weighted by molar-refractivity contribution is 8.14.